The first-order valence-corrected chi connectivity index (χ1v) is 10.8. The number of benzene rings is 3. The quantitative estimate of drug-likeness (QED) is 0.564. The van der Waals surface area contributed by atoms with E-state index in [0.717, 1.165) is 52.8 Å². The van der Waals surface area contributed by atoms with Gasteiger partial charge in [-0.3, -0.25) is 9.69 Å². The molecule has 1 saturated heterocycles. The number of likely N-dealkylation sites (tertiary alicyclic amines) is 1. The third-order valence-electron chi connectivity index (χ3n) is 6.06. The molecule has 1 aliphatic rings. The Kier molecular flexibility index (Phi) is 6.34. The number of nitrogens with zero attached hydrogens (tertiary/aromatic N) is 1. The van der Waals surface area contributed by atoms with Gasteiger partial charge in [-0.15, -0.1) is 0 Å². The first kappa shape index (κ1) is 20.4. The minimum Gasteiger partial charge on any atom is -0.496 e. The van der Waals surface area contributed by atoms with Crippen molar-refractivity contribution in [3.63, 3.8) is 0 Å². The molecule has 0 unspecified atom stereocenters. The number of methoxy groups -OCH3 is 1. The third-order valence-corrected chi connectivity index (χ3v) is 6.06. The molecule has 0 bridgehead atoms. The molecule has 1 heterocycles. The van der Waals surface area contributed by atoms with Gasteiger partial charge in [0.05, 0.1) is 7.11 Å². The second kappa shape index (κ2) is 9.31. The van der Waals surface area contributed by atoms with Gasteiger partial charge in [0, 0.05) is 18.5 Å². The number of hydrogen-bond donors (Lipinski definition) is 1. The van der Waals surface area contributed by atoms with Gasteiger partial charge in [-0.2, -0.15) is 0 Å². The highest BCUT2D eigenvalue weighted by atomic mass is 16.5. The van der Waals surface area contributed by atoms with Crippen molar-refractivity contribution in [1.29, 1.82) is 0 Å². The molecule has 0 aromatic heterocycles. The normalized spacial score (nSPS) is 14.7. The molecule has 4 nitrogen and oxygen atoms in total. The van der Waals surface area contributed by atoms with E-state index in [1.54, 1.807) is 7.11 Å². The maximum absolute atomic E-state index is 11.1. The molecule has 156 valence electrons. The molecule has 30 heavy (non-hydrogen) atoms. The molecule has 0 aliphatic carbocycles. The number of aryl methyl sites for hydroxylation is 1. The Balaban J connectivity index is 1.81. The van der Waals surface area contributed by atoms with Crippen LogP contribution in [0.25, 0.3) is 21.9 Å². The largest absolute Gasteiger partial charge is 0.496 e. The molecule has 0 saturated carbocycles. The monoisotopic (exact) mass is 403 g/mol. The summed E-state index contributed by atoms with van der Waals surface area (Å²) in [7, 11) is 1.73. The Labute approximate surface area is 178 Å². The lowest BCUT2D eigenvalue weighted by Crippen LogP contribution is -2.29. The van der Waals surface area contributed by atoms with Crippen molar-refractivity contribution in [3.8, 4) is 16.9 Å². The topological polar surface area (TPSA) is 49.8 Å². The molecule has 4 heteroatoms. The van der Waals surface area contributed by atoms with Crippen molar-refractivity contribution in [2.45, 2.75) is 38.6 Å². The maximum atomic E-state index is 11.1. The number of carbonyl (C=O) groups is 1. The summed E-state index contributed by atoms with van der Waals surface area (Å²) < 4.78 is 5.79. The average Bonchev–Trinajstić information content (AvgIpc) is 2.78. The van der Waals surface area contributed by atoms with Crippen LogP contribution in [0, 0.1) is 0 Å². The average molecular weight is 404 g/mol. The Hall–Kier alpha value is -2.85. The van der Waals surface area contributed by atoms with Crippen molar-refractivity contribution in [2.75, 3.05) is 20.2 Å². The summed E-state index contributed by atoms with van der Waals surface area (Å²) in [5.74, 6) is 0.115. The Morgan fingerprint density at radius 2 is 1.63 bits per heavy atom. The van der Waals surface area contributed by atoms with Crippen molar-refractivity contribution in [3.05, 3.63) is 65.7 Å². The highest BCUT2D eigenvalue weighted by Crippen LogP contribution is 2.39. The molecule has 3 aromatic carbocycles. The number of carboxylic acid groups (broad SMARTS) is 1. The number of hydrogen-bond acceptors (Lipinski definition) is 3. The lowest BCUT2D eigenvalue weighted by Gasteiger charge is -2.28. The van der Waals surface area contributed by atoms with Gasteiger partial charge in [-0.25, -0.2) is 0 Å². The Morgan fingerprint density at radius 3 is 2.40 bits per heavy atom. The zero-order valence-electron chi connectivity index (χ0n) is 17.6. The molecule has 0 amide bonds. The van der Waals surface area contributed by atoms with Crippen LogP contribution in [0.15, 0.2) is 54.6 Å². The maximum Gasteiger partial charge on any atom is 0.303 e. The van der Waals surface area contributed by atoms with Crippen LogP contribution in [0.5, 0.6) is 5.75 Å². The fraction of sp³-hybridized carbons (Fsp3) is 0.346. The molecule has 3 aromatic rings. The van der Waals surface area contributed by atoms with Gasteiger partial charge < -0.3 is 9.84 Å². The summed E-state index contributed by atoms with van der Waals surface area (Å²) in [6, 6.07) is 18.8. The van der Waals surface area contributed by atoms with Gasteiger partial charge >= 0.3 is 5.97 Å². The van der Waals surface area contributed by atoms with Gasteiger partial charge in [0.2, 0.25) is 0 Å². The van der Waals surface area contributed by atoms with Crippen LogP contribution in [0.4, 0.5) is 0 Å². The minimum atomic E-state index is -0.767. The first-order valence-electron chi connectivity index (χ1n) is 10.8. The van der Waals surface area contributed by atoms with Crippen molar-refractivity contribution in [1.82, 2.24) is 4.90 Å². The van der Waals surface area contributed by atoms with Crippen LogP contribution in [-0.2, 0) is 17.8 Å². The molecule has 1 fully saturated rings. The molecular formula is C26H29NO3. The summed E-state index contributed by atoms with van der Waals surface area (Å²) in [6.45, 7) is 3.21. The first-order chi connectivity index (χ1) is 14.7. The number of fused-ring (bicyclic) bond motifs is 1. The highest BCUT2D eigenvalue weighted by Gasteiger charge is 2.18. The SMILES string of the molecule is COc1cccc(CN2CCCCC2)c1-c1cccc2c(CCC(=O)O)cccc12. The van der Waals surface area contributed by atoms with Crippen LogP contribution in [0.2, 0.25) is 0 Å². The summed E-state index contributed by atoms with van der Waals surface area (Å²) in [4.78, 5) is 13.6. The van der Waals surface area contributed by atoms with Crippen molar-refractivity contribution < 1.29 is 14.6 Å². The smallest absolute Gasteiger partial charge is 0.303 e. The van der Waals surface area contributed by atoms with E-state index in [0.29, 0.717) is 6.42 Å². The standard InChI is InChI=1S/C26H29NO3/c1-30-24-13-6-9-20(18-27-16-3-2-4-17-27)26(24)23-12-7-10-21-19(14-15-25(28)29)8-5-11-22(21)23/h5-13H,2-4,14-18H2,1H3,(H,28,29). The number of ether oxygens (including phenoxy) is 1. The zero-order chi connectivity index (χ0) is 20.9. The number of carboxylic acids is 1. The number of rotatable bonds is 7. The van der Waals surface area contributed by atoms with Crippen LogP contribution < -0.4 is 4.74 Å². The van der Waals surface area contributed by atoms with Crippen LogP contribution in [-0.4, -0.2) is 36.2 Å². The Morgan fingerprint density at radius 1 is 0.933 bits per heavy atom. The van der Waals surface area contributed by atoms with E-state index >= 15 is 0 Å². The predicted octanol–water partition coefficient (Wildman–Crippen LogP) is 5.52. The minimum absolute atomic E-state index is 0.137. The van der Waals surface area contributed by atoms with E-state index in [9.17, 15) is 4.79 Å². The second-order valence-electron chi connectivity index (χ2n) is 8.04. The van der Waals surface area contributed by atoms with Crippen molar-refractivity contribution in [2.24, 2.45) is 0 Å². The summed E-state index contributed by atoms with van der Waals surface area (Å²) in [5, 5.41) is 11.4. The number of aliphatic carboxylic acids is 1. The van der Waals surface area contributed by atoms with Crippen molar-refractivity contribution >= 4 is 16.7 Å². The molecule has 0 radical (unpaired) electrons. The molecule has 0 atom stereocenters. The van der Waals surface area contributed by atoms with Gasteiger partial charge in [0.15, 0.2) is 0 Å². The highest BCUT2D eigenvalue weighted by molar-refractivity contribution is 6.00. The zero-order valence-corrected chi connectivity index (χ0v) is 17.6. The predicted molar refractivity (Wildman–Crippen MR) is 121 cm³/mol. The van der Waals surface area contributed by atoms with E-state index in [4.69, 9.17) is 9.84 Å². The van der Waals surface area contributed by atoms with E-state index in [1.165, 1.54) is 24.8 Å². The third kappa shape index (κ3) is 4.34. The summed E-state index contributed by atoms with van der Waals surface area (Å²) in [5.41, 5.74) is 4.64. The summed E-state index contributed by atoms with van der Waals surface area (Å²) >= 11 is 0. The summed E-state index contributed by atoms with van der Waals surface area (Å²) in [6.07, 6.45) is 4.52. The van der Waals surface area contributed by atoms with E-state index in [2.05, 4.69) is 41.3 Å². The van der Waals surface area contributed by atoms with Gasteiger partial charge in [-0.05, 0) is 65.9 Å². The van der Waals surface area contributed by atoms with E-state index < -0.39 is 5.97 Å². The molecular weight excluding hydrogens is 374 g/mol. The van der Waals surface area contributed by atoms with Crippen LogP contribution >= 0.6 is 0 Å². The van der Waals surface area contributed by atoms with Gasteiger partial charge in [0.25, 0.3) is 0 Å². The van der Waals surface area contributed by atoms with Crippen LogP contribution in [0.1, 0.15) is 36.8 Å². The van der Waals surface area contributed by atoms with Gasteiger partial charge in [-0.1, -0.05) is 55.0 Å². The second-order valence-corrected chi connectivity index (χ2v) is 8.04. The molecule has 1 N–H and O–H groups in total. The molecule has 0 spiro atoms. The number of piperidine rings is 1. The van der Waals surface area contributed by atoms with Gasteiger partial charge in [0.1, 0.15) is 5.75 Å². The molecule has 4 rings (SSSR count). The van der Waals surface area contributed by atoms with Crippen LogP contribution in [0.3, 0.4) is 0 Å². The lowest BCUT2D eigenvalue weighted by atomic mass is 9.91. The van der Waals surface area contributed by atoms with E-state index in [-0.39, 0.29) is 6.42 Å². The van der Waals surface area contributed by atoms with E-state index in [1.807, 2.05) is 18.2 Å². The lowest BCUT2D eigenvalue weighted by molar-refractivity contribution is -0.136. The fourth-order valence-electron chi connectivity index (χ4n) is 4.60. The molecule has 1 aliphatic heterocycles. The Bertz CT molecular complexity index is 1040. The fourth-order valence-corrected chi connectivity index (χ4v) is 4.60.